The van der Waals surface area contributed by atoms with Crippen LogP contribution in [0.5, 0.6) is 0 Å². The Morgan fingerprint density at radius 1 is 0.933 bits per heavy atom. The van der Waals surface area contributed by atoms with E-state index in [1.807, 2.05) is 69.9 Å². The number of nitrogens with one attached hydrogen (secondary N) is 5. The van der Waals surface area contributed by atoms with Crippen molar-refractivity contribution >= 4 is 35.4 Å². The second-order valence-corrected chi connectivity index (χ2v) is 13.6. The molecule has 0 bridgehead atoms. The molecule has 1 aromatic rings. The number of nitrogens with zero attached hydrogens (tertiary/aromatic N) is 2. The van der Waals surface area contributed by atoms with Crippen LogP contribution in [-0.2, 0) is 35.2 Å². The molecule has 2 unspecified atom stereocenters. The number of fused-ring (bicyclic) bond motifs is 2. The van der Waals surface area contributed by atoms with Crippen LogP contribution in [0.15, 0.2) is 30.3 Å². The third-order valence-electron chi connectivity index (χ3n) is 8.14. The van der Waals surface area contributed by atoms with E-state index >= 15 is 0 Å². The summed E-state index contributed by atoms with van der Waals surface area (Å²) in [5.41, 5.74) is 0.280. The van der Waals surface area contributed by atoms with Crippen molar-refractivity contribution in [1.29, 1.82) is 0 Å². The molecule has 45 heavy (non-hydrogen) atoms. The van der Waals surface area contributed by atoms with E-state index in [1.165, 1.54) is 0 Å². The van der Waals surface area contributed by atoms with Gasteiger partial charge in [-0.25, -0.2) is 0 Å². The van der Waals surface area contributed by atoms with Crippen LogP contribution >= 0.6 is 0 Å². The van der Waals surface area contributed by atoms with Gasteiger partial charge in [-0.05, 0) is 58.1 Å². The first-order chi connectivity index (χ1) is 21.2. The highest BCUT2D eigenvalue weighted by Crippen LogP contribution is 2.32. The second-order valence-electron chi connectivity index (χ2n) is 13.6. The Bertz CT molecular complexity index is 1280. The number of hydrogen-bond acceptors (Lipinski definition) is 7. The number of carbonyl (C=O) groups excluding carboxylic acids is 6. The molecule has 13 heteroatoms. The highest BCUT2D eigenvalue weighted by molar-refractivity contribution is 5.95. The van der Waals surface area contributed by atoms with E-state index in [4.69, 9.17) is 0 Å². The first-order valence-corrected chi connectivity index (χ1v) is 15.8. The Morgan fingerprint density at radius 2 is 1.56 bits per heavy atom. The van der Waals surface area contributed by atoms with Crippen LogP contribution in [0.4, 0.5) is 0 Å². The minimum atomic E-state index is -0.948. The average molecular weight is 626 g/mol. The van der Waals surface area contributed by atoms with E-state index in [2.05, 4.69) is 26.6 Å². The number of hydrogen-bond donors (Lipinski definition) is 5. The van der Waals surface area contributed by atoms with Crippen LogP contribution in [0, 0.1) is 5.92 Å². The highest BCUT2D eigenvalue weighted by atomic mass is 16.2. The smallest absolute Gasteiger partial charge is 0.245 e. The Labute approximate surface area is 264 Å². The first kappa shape index (κ1) is 33.9. The normalized spacial score (nSPS) is 27.3. The van der Waals surface area contributed by atoms with Gasteiger partial charge in [0.15, 0.2) is 0 Å². The van der Waals surface area contributed by atoms with Crippen molar-refractivity contribution in [3.05, 3.63) is 35.9 Å². The lowest BCUT2D eigenvalue weighted by Crippen LogP contribution is -2.60. The van der Waals surface area contributed by atoms with Crippen LogP contribution in [-0.4, -0.2) is 107 Å². The summed E-state index contributed by atoms with van der Waals surface area (Å²) in [6.45, 7) is 9.41. The predicted molar refractivity (Wildman–Crippen MR) is 166 cm³/mol. The van der Waals surface area contributed by atoms with Crippen LogP contribution in [0.2, 0.25) is 0 Å². The van der Waals surface area contributed by atoms with Gasteiger partial charge in [0.25, 0.3) is 0 Å². The fourth-order valence-electron chi connectivity index (χ4n) is 6.09. The zero-order valence-electron chi connectivity index (χ0n) is 26.9. The highest BCUT2D eigenvalue weighted by Gasteiger charge is 2.54. The zero-order valence-corrected chi connectivity index (χ0v) is 26.9. The van der Waals surface area contributed by atoms with E-state index in [0.717, 1.165) is 5.56 Å². The minimum absolute atomic E-state index is 0.0546. The first-order valence-electron chi connectivity index (χ1n) is 15.8. The number of benzene rings is 1. The van der Waals surface area contributed by atoms with E-state index in [9.17, 15) is 28.8 Å². The zero-order chi connectivity index (χ0) is 32.9. The number of carbonyl (C=O) groups is 6. The molecule has 3 heterocycles. The summed E-state index contributed by atoms with van der Waals surface area (Å²) in [5, 5.41) is 13.7. The quantitative estimate of drug-likeness (QED) is 0.274. The molecule has 3 aliphatic rings. The van der Waals surface area contributed by atoms with Gasteiger partial charge in [0.1, 0.15) is 18.1 Å². The fourth-order valence-corrected chi connectivity index (χ4v) is 6.09. The molecule has 5 atom stereocenters. The number of rotatable bonds is 5. The largest absolute Gasteiger partial charge is 0.350 e. The summed E-state index contributed by atoms with van der Waals surface area (Å²) in [4.78, 5) is 83.5. The molecule has 1 aromatic carbocycles. The lowest BCUT2D eigenvalue weighted by Gasteiger charge is -2.34. The van der Waals surface area contributed by atoms with Gasteiger partial charge in [-0.1, -0.05) is 44.2 Å². The molecule has 0 aliphatic carbocycles. The molecular formula is C32H47N7O6. The summed E-state index contributed by atoms with van der Waals surface area (Å²) >= 11 is 0. The van der Waals surface area contributed by atoms with Crippen molar-refractivity contribution in [3.8, 4) is 0 Å². The fraction of sp³-hybridized carbons (Fsp3) is 0.625. The maximum atomic E-state index is 14.0. The number of amides is 6. The van der Waals surface area contributed by atoms with Crippen molar-refractivity contribution < 1.29 is 28.8 Å². The molecule has 5 N–H and O–H groups in total. The molecular weight excluding hydrogens is 578 g/mol. The second kappa shape index (κ2) is 14.4. The Hall–Kier alpha value is -4.00. The van der Waals surface area contributed by atoms with Gasteiger partial charge in [-0.2, -0.15) is 0 Å². The van der Waals surface area contributed by atoms with Gasteiger partial charge in [-0.15, -0.1) is 0 Å². The molecule has 3 saturated heterocycles. The molecule has 13 nitrogen and oxygen atoms in total. The molecule has 3 fully saturated rings. The average Bonchev–Trinajstić information content (AvgIpc) is 3.59. The van der Waals surface area contributed by atoms with Crippen LogP contribution < -0.4 is 26.6 Å². The van der Waals surface area contributed by atoms with Crippen molar-refractivity contribution in [3.63, 3.8) is 0 Å². The van der Waals surface area contributed by atoms with Crippen molar-refractivity contribution in [2.24, 2.45) is 5.92 Å². The Morgan fingerprint density at radius 3 is 2.18 bits per heavy atom. The lowest BCUT2D eigenvalue weighted by molar-refractivity contribution is -0.136. The van der Waals surface area contributed by atoms with Gasteiger partial charge in [0.2, 0.25) is 35.4 Å². The van der Waals surface area contributed by atoms with Crippen LogP contribution in [0.25, 0.3) is 0 Å². The van der Waals surface area contributed by atoms with Crippen molar-refractivity contribution in [2.45, 2.75) is 96.1 Å². The van der Waals surface area contributed by atoms with Gasteiger partial charge < -0.3 is 31.5 Å². The van der Waals surface area contributed by atoms with Gasteiger partial charge >= 0.3 is 0 Å². The maximum absolute atomic E-state index is 14.0. The van der Waals surface area contributed by atoms with Crippen molar-refractivity contribution in [2.75, 3.05) is 26.2 Å². The summed E-state index contributed by atoms with van der Waals surface area (Å²) < 4.78 is 0. The standard InChI is InChI=1S/C32H47N7O6/c1-19(2)14-21-28(42)33-16-26(41)36-22(15-20-10-7-6-8-11-20)31(45)39-18-24(39)27(30(44)37-32(3,4)5)38-13-9-12-23(38)29(43)34-17-25(40)35-21/h6-8,10-11,19,21-24,27H,9,12-18H2,1-5H3,(H,33,42)(H,34,43)(H,35,40)(H,36,41)(H,37,44)/t21?,22?,23-,24-,27+,39?/m0/s1. The summed E-state index contributed by atoms with van der Waals surface area (Å²) in [7, 11) is 0. The molecule has 3 aliphatic heterocycles. The molecule has 0 aromatic heterocycles. The summed E-state index contributed by atoms with van der Waals surface area (Å²) in [6, 6.07) is 5.40. The monoisotopic (exact) mass is 625 g/mol. The molecule has 0 spiro atoms. The van der Waals surface area contributed by atoms with Gasteiger partial charge in [0.05, 0.1) is 25.2 Å². The van der Waals surface area contributed by atoms with Crippen molar-refractivity contribution in [1.82, 2.24) is 36.4 Å². The molecule has 6 amide bonds. The SMILES string of the molecule is CC(C)CC1NC(=O)CNC(=O)[C@@H]2CCCN2[C@@H](C(=O)NC(C)(C)C)[C@@H]2CN2C(=O)C(Cc2ccccc2)NC(=O)CNC1=O. The Balaban J connectivity index is 1.66. The third kappa shape index (κ3) is 9.25. The van der Waals surface area contributed by atoms with E-state index in [-0.39, 0.29) is 37.2 Å². The minimum Gasteiger partial charge on any atom is -0.350 e. The van der Waals surface area contributed by atoms with E-state index < -0.39 is 65.9 Å². The molecule has 4 rings (SSSR count). The summed E-state index contributed by atoms with van der Waals surface area (Å²) in [5.74, 6) is -2.61. The topological polar surface area (TPSA) is 169 Å². The van der Waals surface area contributed by atoms with Gasteiger partial charge in [0, 0.05) is 18.5 Å². The van der Waals surface area contributed by atoms with E-state index in [0.29, 0.717) is 25.8 Å². The molecule has 246 valence electrons. The summed E-state index contributed by atoms with van der Waals surface area (Å²) in [6.07, 6.45) is 1.67. The third-order valence-corrected chi connectivity index (χ3v) is 8.14. The van der Waals surface area contributed by atoms with Gasteiger partial charge in [-0.3, -0.25) is 33.7 Å². The maximum Gasteiger partial charge on any atom is 0.245 e. The molecule has 0 radical (unpaired) electrons. The van der Waals surface area contributed by atoms with E-state index in [1.54, 1.807) is 4.90 Å². The Kier molecular flexibility index (Phi) is 10.8. The molecule has 0 saturated carbocycles. The lowest BCUT2D eigenvalue weighted by atomic mass is 10.0. The predicted octanol–water partition coefficient (Wildman–Crippen LogP) is -0.551. The van der Waals surface area contributed by atoms with Crippen LogP contribution in [0.3, 0.4) is 0 Å². The van der Waals surface area contributed by atoms with Crippen LogP contribution in [0.1, 0.15) is 59.4 Å².